The van der Waals surface area contributed by atoms with Crippen LogP contribution in [-0.2, 0) is 6.42 Å². The molecule has 0 saturated carbocycles. The minimum Gasteiger partial charge on any atom is -0.461 e. The molecule has 0 spiro atoms. The number of aromatic nitrogens is 1. The van der Waals surface area contributed by atoms with Gasteiger partial charge in [-0.3, -0.25) is 9.78 Å². The van der Waals surface area contributed by atoms with Crippen LogP contribution in [0.1, 0.15) is 21.7 Å². The van der Waals surface area contributed by atoms with E-state index < -0.39 is 0 Å². The Morgan fingerprint density at radius 3 is 3.07 bits per heavy atom. The molecule has 2 rings (SSSR count). The Balaban J connectivity index is 2.23. The lowest BCUT2D eigenvalue weighted by Crippen LogP contribution is -1.90. The summed E-state index contributed by atoms with van der Waals surface area (Å²) < 4.78 is 5.00. The van der Waals surface area contributed by atoms with Gasteiger partial charge in [0.25, 0.3) is 0 Å². The molecule has 2 heterocycles. The van der Waals surface area contributed by atoms with Crippen LogP contribution in [0.2, 0.25) is 0 Å². The first-order valence-corrected chi connectivity index (χ1v) is 4.30. The third kappa shape index (κ3) is 1.71. The van der Waals surface area contributed by atoms with Crippen LogP contribution < -0.4 is 0 Å². The summed E-state index contributed by atoms with van der Waals surface area (Å²) in [6, 6.07) is 5.64. The van der Waals surface area contributed by atoms with Crippen LogP contribution >= 0.6 is 0 Å². The van der Waals surface area contributed by atoms with E-state index in [-0.39, 0.29) is 0 Å². The Morgan fingerprint density at radius 1 is 1.43 bits per heavy atom. The molecule has 0 atom stereocenters. The molecular weight excluding hydrogens is 178 g/mol. The van der Waals surface area contributed by atoms with Gasteiger partial charge < -0.3 is 4.42 Å². The van der Waals surface area contributed by atoms with Gasteiger partial charge in [0.05, 0.1) is 6.26 Å². The van der Waals surface area contributed by atoms with E-state index in [9.17, 15) is 4.79 Å². The van der Waals surface area contributed by atoms with E-state index in [1.54, 1.807) is 18.5 Å². The van der Waals surface area contributed by atoms with Crippen LogP contribution in [0.25, 0.3) is 0 Å². The van der Waals surface area contributed by atoms with Gasteiger partial charge in [0.2, 0.25) is 0 Å². The molecule has 14 heavy (non-hydrogen) atoms. The third-order valence-corrected chi connectivity index (χ3v) is 2.01. The number of nitrogens with zero attached hydrogens (tertiary/aromatic N) is 1. The summed E-state index contributed by atoms with van der Waals surface area (Å²) in [5.41, 5.74) is 1.96. The molecular formula is C11H9NO2. The van der Waals surface area contributed by atoms with E-state index in [0.717, 1.165) is 17.4 Å². The van der Waals surface area contributed by atoms with Crippen LogP contribution in [0.3, 0.4) is 0 Å². The maximum absolute atomic E-state index is 10.6. The predicted molar refractivity (Wildman–Crippen MR) is 51.1 cm³/mol. The normalized spacial score (nSPS) is 10.0. The summed E-state index contributed by atoms with van der Waals surface area (Å²) in [5, 5.41) is 0. The smallest absolute Gasteiger partial charge is 0.185 e. The fourth-order valence-electron chi connectivity index (χ4n) is 1.32. The zero-order chi connectivity index (χ0) is 9.80. The van der Waals surface area contributed by atoms with E-state index in [2.05, 4.69) is 4.98 Å². The quantitative estimate of drug-likeness (QED) is 0.691. The molecule has 2 aromatic rings. The van der Waals surface area contributed by atoms with Gasteiger partial charge in [-0.05, 0) is 17.7 Å². The second kappa shape index (κ2) is 3.87. The molecule has 2 aromatic heterocycles. The van der Waals surface area contributed by atoms with E-state index >= 15 is 0 Å². The lowest BCUT2D eigenvalue weighted by molar-refractivity contribution is 0.109. The maximum Gasteiger partial charge on any atom is 0.185 e. The Morgan fingerprint density at radius 2 is 2.36 bits per heavy atom. The number of hydrogen-bond donors (Lipinski definition) is 0. The van der Waals surface area contributed by atoms with Crippen LogP contribution in [0.4, 0.5) is 0 Å². The number of hydrogen-bond acceptors (Lipinski definition) is 3. The molecule has 0 aliphatic rings. The molecule has 0 amide bonds. The first kappa shape index (κ1) is 8.69. The Kier molecular flexibility index (Phi) is 2.40. The number of rotatable bonds is 3. The first-order chi connectivity index (χ1) is 6.90. The van der Waals surface area contributed by atoms with Crippen molar-refractivity contribution >= 4 is 6.29 Å². The second-order valence-corrected chi connectivity index (χ2v) is 2.97. The van der Waals surface area contributed by atoms with Crippen molar-refractivity contribution in [1.82, 2.24) is 4.98 Å². The van der Waals surface area contributed by atoms with Crippen molar-refractivity contribution in [3.05, 3.63) is 53.7 Å². The van der Waals surface area contributed by atoms with Crippen LogP contribution in [0, 0.1) is 0 Å². The fraction of sp³-hybridized carbons (Fsp3) is 0.0909. The van der Waals surface area contributed by atoms with Gasteiger partial charge in [0.1, 0.15) is 0 Å². The molecule has 0 fully saturated rings. The molecule has 0 bridgehead atoms. The van der Waals surface area contributed by atoms with Crippen molar-refractivity contribution < 1.29 is 9.21 Å². The van der Waals surface area contributed by atoms with Crippen molar-refractivity contribution in [2.45, 2.75) is 6.42 Å². The van der Waals surface area contributed by atoms with Crippen LogP contribution in [0.15, 0.2) is 41.3 Å². The fourth-order valence-corrected chi connectivity index (χ4v) is 1.32. The highest BCUT2D eigenvalue weighted by Crippen LogP contribution is 2.13. The van der Waals surface area contributed by atoms with E-state index in [1.807, 2.05) is 12.1 Å². The lowest BCUT2D eigenvalue weighted by Gasteiger charge is -1.97. The van der Waals surface area contributed by atoms with Crippen LogP contribution in [0.5, 0.6) is 0 Å². The van der Waals surface area contributed by atoms with E-state index in [0.29, 0.717) is 12.2 Å². The van der Waals surface area contributed by atoms with Gasteiger partial charge >= 0.3 is 0 Å². The lowest BCUT2D eigenvalue weighted by atomic mass is 10.1. The highest BCUT2D eigenvalue weighted by atomic mass is 16.3. The summed E-state index contributed by atoms with van der Waals surface area (Å²) in [5.74, 6) is 0.397. The van der Waals surface area contributed by atoms with Crippen molar-refractivity contribution in [3.63, 3.8) is 0 Å². The van der Waals surface area contributed by atoms with Gasteiger partial charge in [-0.2, -0.15) is 0 Å². The van der Waals surface area contributed by atoms with Crippen molar-refractivity contribution in [2.75, 3.05) is 0 Å². The summed E-state index contributed by atoms with van der Waals surface area (Å²) in [4.78, 5) is 14.6. The topological polar surface area (TPSA) is 43.1 Å². The molecule has 0 aliphatic heterocycles. The zero-order valence-corrected chi connectivity index (χ0v) is 7.51. The van der Waals surface area contributed by atoms with Crippen LogP contribution in [-0.4, -0.2) is 11.3 Å². The summed E-state index contributed by atoms with van der Waals surface area (Å²) >= 11 is 0. The zero-order valence-electron chi connectivity index (χ0n) is 7.51. The number of furan rings is 1. The molecule has 70 valence electrons. The molecule has 0 aromatic carbocycles. The maximum atomic E-state index is 10.6. The molecule has 0 radical (unpaired) electrons. The number of carbonyl (C=O) groups is 1. The Bertz CT molecular complexity index is 420. The van der Waals surface area contributed by atoms with Crippen molar-refractivity contribution in [2.24, 2.45) is 0 Å². The summed E-state index contributed by atoms with van der Waals surface area (Å²) in [6.07, 6.45) is 6.43. The number of carbonyl (C=O) groups excluding carboxylic acids is 1. The molecule has 0 N–H and O–H groups in total. The summed E-state index contributed by atoms with van der Waals surface area (Å²) in [7, 11) is 0. The average molecular weight is 187 g/mol. The minimum atomic E-state index is 0.397. The Hall–Kier alpha value is -1.90. The van der Waals surface area contributed by atoms with Gasteiger partial charge in [-0.1, -0.05) is 6.07 Å². The highest BCUT2D eigenvalue weighted by Gasteiger charge is 2.05. The SMILES string of the molecule is O=Cc1occc1Cc1cccnc1. The van der Waals surface area contributed by atoms with Crippen molar-refractivity contribution in [1.29, 1.82) is 0 Å². The molecule has 3 nitrogen and oxygen atoms in total. The van der Waals surface area contributed by atoms with Gasteiger partial charge in [0.15, 0.2) is 12.0 Å². The van der Waals surface area contributed by atoms with Crippen molar-refractivity contribution in [3.8, 4) is 0 Å². The first-order valence-electron chi connectivity index (χ1n) is 4.30. The molecule has 0 aliphatic carbocycles. The standard InChI is InChI=1S/C11H9NO2/c13-8-11-10(3-5-14-11)6-9-2-1-4-12-7-9/h1-5,7-8H,6H2. The highest BCUT2D eigenvalue weighted by molar-refractivity contribution is 5.73. The summed E-state index contributed by atoms with van der Waals surface area (Å²) in [6.45, 7) is 0. The number of aldehydes is 1. The molecule has 0 unspecified atom stereocenters. The van der Waals surface area contributed by atoms with Gasteiger partial charge in [0, 0.05) is 24.4 Å². The van der Waals surface area contributed by atoms with Gasteiger partial charge in [-0.15, -0.1) is 0 Å². The molecule has 0 saturated heterocycles. The van der Waals surface area contributed by atoms with Gasteiger partial charge in [-0.25, -0.2) is 0 Å². The number of pyridine rings is 1. The van der Waals surface area contributed by atoms with E-state index in [4.69, 9.17) is 4.42 Å². The average Bonchev–Trinajstić information content (AvgIpc) is 2.67. The third-order valence-electron chi connectivity index (χ3n) is 2.01. The Labute approximate surface area is 81.4 Å². The predicted octanol–water partition coefficient (Wildman–Crippen LogP) is 2.08. The minimum absolute atomic E-state index is 0.397. The monoisotopic (exact) mass is 187 g/mol. The molecule has 3 heteroatoms. The second-order valence-electron chi connectivity index (χ2n) is 2.97. The van der Waals surface area contributed by atoms with E-state index in [1.165, 1.54) is 6.26 Å². The largest absolute Gasteiger partial charge is 0.461 e.